The molecule has 1 unspecified atom stereocenters. The van der Waals surface area contributed by atoms with Crippen LogP contribution in [0.5, 0.6) is 0 Å². The first kappa shape index (κ1) is 18.3. The van der Waals surface area contributed by atoms with Gasteiger partial charge in [0.1, 0.15) is 7.05 Å². The summed E-state index contributed by atoms with van der Waals surface area (Å²) in [5.74, 6) is 0. The van der Waals surface area contributed by atoms with E-state index in [0.29, 0.717) is 0 Å². The van der Waals surface area contributed by atoms with Crippen LogP contribution in [0.25, 0.3) is 10.8 Å². The molecule has 3 heteroatoms. The molecular weight excluding hydrogens is 372 g/mol. The van der Waals surface area contributed by atoms with Crippen molar-refractivity contribution < 1.29 is 4.58 Å². The number of para-hydroxylation sites is 1. The van der Waals surface area contributed by atoms with Crippen LogP contribution in [0.4, 0.5) is 11.4 Å². The largest absolute Gasteiger partial charge is 0.338 e. The van der Waals surface area contributed by atoms with Gasteiger partial charge in [-0.1, -0.05) is 54.2 Å². The van der Waals surface area contributed by atoms with Crippen molar-refractivity contribution in [2.24, 2.45) is 0 Å². The molecule has 2 nitrogen and oxygen atoms in total. The molecule has 0 radical (unpaired) electrons. The molecule has 0 saturated heterocycles. The standard InChI is InChI=1S/C26H25N2S/c1-5-16-26(2)23(17-24-28(4)20-12-8-9-13-22(20)29-24)27(3)21-15-14-18-10-6-7-11-19(18)25(21)26/h5-15,17H,1,16H2,2-4H3/q+1. The summed E-state index contributed by atoms with van der Waals surface area (Å²) in [4.78, 5) is 3.62. The number of anilines is 1. The van der Waals surface area contributed by atoms with E-state index in [4.69, 9.17) is 0 Å². The van der Waals surface area contributed by atoms with Gasteiger partial charge in [-0.3, -0.25) is 0 Å². The molecule has 144 valence electrons. The molecule has 0 N–H and O–H groups in total. The third kappa shape index (κ3) is 2.61. The third-order valence-electron chi connectivity index (χ3n) is 6.33. The highest BCUT2D eigenvalue weighted by Gasteiger charge is 2.47. The van der Waals surface area contributed by atoms with Gasteiger partial charge in [-0.15, -0.1) is 6.58 Å². The first-order chi connectivity index (χ1) is 14.0. The highest BCUT2D eigenvalue weighted by molar-refractivity contribution is 8.03. The van der Waals surface area contributed by atoms with Crippen LogP contribution in [-0.2, 0) is 5.41 Å². The molecule has 0 aromatic heterocycles. The smallest absolute Gasteiger partial charge is 0.210 e. The van der Waals surface area contributed by atoms with Crippen molar-refractivity contribution in [2.45, 2.75) is 23.7 Å². The lowest BCUT2D eigenvalue weighted by atomic mass is 9.75. The molecule has 0 spiro atoms. The second-order valence-electron chi connectivity index (χ2n) is 8.06. The number of benzene rings is 3. The van der Waals surface area contributed by atoms with Crippen molar-refractivity contribution in [3.05, 3.63) is 90.0 Å². The molecular formula is C26H25N2S+. The number of hydrogen-bond acceptors (Lipinski definition) is 2. The van der Waals surface area contributed by atoms with Crippen LogP contribution >= 0.6 is 11.8 Å². The van der Waals surface area contributed by atoms with E-state index in [0.717, 1.165) is 6.42 Å². The van der Waals surface area contributed by atoms with Gasteiger partial charge in [0.15, 0.2) is 5.71 Å². The van der Waals surface area contributed by atoms with Crippen molar-refractivity contribution in [3.63, 3.8) is 0 Å². The first-order valence-electron chi connectivity index (χ1n) is 10.0. The number of allylic oxidation sites excluding steroid dienone is 2. The molecule has 2 aliphatic heterocycles. The number of rotatable bonds is 3. The fraction of sp³-hybridized carbons (Fsp3) is 0.192. The lowest BCUT2D eigenvalue weighted by Crippen LogP contribution is -2.31. The van der Waals surface area contributed by atoms with Crippen molar-refractivity contribution in [2.75, 3.05) is 19.0 Å². The average Bonchev–Trinajstić information content (AvgIpc) is 3.16. The zero-order chi connectivity index (χ0) is 20.2. The normalized spacial score (nSPS) is 21.8. The van der Waals surface area contributed by atoms with Gasteiger partial charge < -0.3 is 4.90 Å². The summed E-state index contributed by atoms with van der Waals surface area (Å²) in [6.45, 7) is 6.46. The van der Waals surface area contributed by atoms with Crippen LogP contribution in [0.1, 0.15) is 18.9 Å². The zero-order valence-corrected chi connectivity index (χ0v) is 18.0. The van der Waals surface area contributed by atoms with Gasteiger partial charge in [-0.25, -0.2) is 0 Å². The number of thioether (sulfide) groups is 1. The molecule has 3 aromatic carbocycles. The van der Waals surface area contributed by atoms with Gasteiger partial charge in [-0.2, -0.15) is 4.58 Å². The zero-order valence-electron chi connectivity index (χ0n) is 17.1. The number of nitrogens with zero attached hydrogens (tertiary/aromatic N) is 2. The SMILES string of the molecule is C=CCC1(C)C(/C=C2\Sc3ccccc3N2C)=[N+](C)c2ccc3ccccc3c21. The van der Waals surface area contributed by atoms with Crippen LogP contribution in [0.15, 0.2) is 89.3 Å². The molecule has 1 atom stereocenters. The van der Waals surface area contributed by atoms with Gasteiger partial charge in [-0.05, 0) is 42.3 Å². The Hall–Kier alpha value is -2.78. The number of fused-ring (bicyclic) bond motifs is 4. The maximum atomic E-state index is 4.09. The third-order valence-corrected chi connectivity index (χ3v) is 7.50. The van der Waals surface area contributed by atoms with E-state index >= 15 is 0 Å². The molecule has 3 aromatic rings. The molecule has 2 heterocycles. The molecule has 29 heavy (non-hydrogen) atoms. The maximum absolute atomic E-state index is 4.09. The lowest BCUT2D eigenvalue weighted by molar-refractivity contribution is -0.401. The summed E-state index contributed by atoms with van der Waals surface area (Å²) in [5, 5.41) is 3.90. The Morgan fingerprint density at radius 3 is 2.62 bits per heavy atom. The fourth-order valence-electron chi connectivity index (χ4n) is 4.86. The van der Waals surface area contributed by atoms with Crippen LogP contribution in [-0.4, -0.2) is 24.4 Å². The summed E-state index contributed by atoms with van der Waals surface area (Å²) in [6, 6.07) is 21.8. The van der Waals surface area contributed by atoms with E-state index in [1.165, 1.54) is 43.3 Å². The minimum Gasteiger partial charge on any atom is -0.338 e. The van der Waals surface area contributed by atoms with Gasteiger partial charge in [0.25, 0.3) is 0 Å². The van der Waals surface area contributed by atoms with Crippen molar-refractivity contribution in [1.82, 2.24) is 0 Å². The maximum Gasteiger partial charge on any atom is 0.210 e. The molecule has 0 amide bonds. The van der Waals surface area contributed by atoms with E-state index in [-0.39, 0.29) is 5.41 Å². The Morgan fingerprint density at radius 2 is 1.83 bits per heavy atom. The van der Waals surface area contributed by atoms with Gasteiger partial charge >= 0.3 is 0 Å². The average molecular weight is 398 g/mol. The Balaban J connectivity index is 1.70. The molecule has 0 fully saturated rings. The highest BCUT2D eigenvalue weighted by atomic mass is 32.2. The highest BCUT2D eigenvalue weighted by Crippen LogP contribution is 2.49. The monoisotopic (exact) mass is 397 g/mol. The summed E-state index contributed by atoms with van der Waals surface area (Å²) in [7, 11) is 4.36. The molecule has 2 aliphatic rings. The minimum atomic E-state index is -0.115. The van der Waals surface area contributed by atoms with E-state index in [2.05, 4.69) is 110 Å². The van der Waals surface area contributed by atoms with Crippen LogP contribution in [0, 0.1) is 0 Å². The lowest BCUT2D eigenvalue weighted by Gasteiger charge is -2.23. The Morgan fingerprint density at radius 1 is 1.07 bits per heavy atom. The molecule has 0 aliphatic carbocycles. The second kappa shape index (κ2) is 6.64. The summed E-state index contributed by atoms with van der Waals surface area (Å²) < 4.78 is 2.37. The summed E-state index contributed by atoms with van der Waals surface area (Å²) >= 11 is 1.85. The van der Waals surface area contributed by atoms with Crippen LogP contribution < -0.4 is 4.90 Å². The quantitative estimate of drug-likeness (QED) is 0.368. The summed E-state index contributed by atoms with van der Waals surface area (Å²) in [6.07, 6.45) is 5.34. The molecule has 0 saturated carbocycles. The predicted octanol–water partition coefficient (Wildman–Crippen LogP) is 6.49. The minimum absolute atomic E-state index is 0.115. The van der Waals surface area contributed by atoms with E-state index < -0.39 is 0 Å². The Kier molecular flexibility index (Phi) is 4.18. The number of hydrogen-bond donors (Lipinski definition) is 0. The van der Waals surface area contributed by atoms with E-state index in [1.807, 2.05) is 11.8 Å². The fourth-order valence-corrected chi connectivity index (χ4v) is 5.95. The topological polar surface area (TPSA) is 6.25 Å². The van der Waals surface area contributed by atoms with Gasteiger partial charge in [0.05, 0.1) is 16.1 Å². The predicted molar refractivity (Wildman–Crippen MR) is 126 cm³/mol. The second-order valence-corrected chi connectivity index (χ2v) is 9.12. The first-order valence-corrected chi connectivity index (χ1v) is 10.8. The van der Waals surface area contributed by atoms with Crippen LogP contribution in [0.3, 0.4) is 0 Å². The van der Waals surface area contributed by atoms with Crippen molar-refractivity contribution in [1.29, 1.82) is 0 Å². The molecule has 0 bridgehead atoms. The Bertz CT molecular complexity index is 1220. The molecule has 5 rings (SSSR count). The Labute approximate surface area is 176 Å². The van der Waals surface area contributed by atoms with E-state index in [1.54, 1.807) is 0 Å². The van der Waals surface area contributed by atoms with Gasteiger partial charge in [0.2, 0.25) is 5.69 Å². The van der Waals surface area contributed by atoms with Crippen molar-refractivity contribution in [3.8, 4) is 0 Å². The van der Waals surface area contributed by atoms with Gasteiger partial charge in [0, 0.05) is 29.6 Å². The summed E-state index contributed by atoms with van der Waals surface area (Å²) in [5.41, 5.74) is 5.19. The van der Waals surface area contributed by atoms with E-state index in [9.17, 15) is 0 Å². The van der Waals surface area contributed by atoms with Crippen LogP contribution in [0.2, 0.25) is 0 Å². The van der Waals surface area contributed by atoms with Crippen molar-refractivity contribution >= 4 is 39.6 Å².